The predicted molar refractivity (Wildman–Crippen MR) is 115 cm³/mol. The Morgan fingerprint density at radius 2 is 1.93 bits per heavy atom. The lowest BCUT2D eigenvalue weighted by molar-refractivity contribution is 0.100. The maximum Gasteiger partial charge on any atom is 0.254 e. The molecule has 1 amide bonds. The normalized spacial score (nSPS) is 11.2. The van der Waals surface area contributed by atoms with E-state index >= 15 is 0 Å². The predicted octanol–water partition coefficient (Wildman–Crippen LogP) is 3.09. The van der Waals surface area contributed by atoms with E-state index < -0.39 is 5.91 Å². The van der Waals surface area contributed by atoms with E-state index in [-0.39, 0.29) is 0 Å². The zero-order valence-corrected chi connectivity index (χ0v) is 16.3. The van der Waals surface area contributed by atoms with Crippen LogP contribution in [0.1, 0.15) is 21.6 Å². The maximum atomic E-state index is 11.8. The van der Waals surface area contributed by atoms with Crippen molar-refractivity contribution in [1.29, 1.82) is 0 Å². The number of imidazole rings is 1. The highest BCUT2D eigenvalue weighted by molar-refractivity contribution is 6.06. The number of amides is 1. The van der Waals surface area contributed by atoms with Crippen molar-refractivity contribution in [1.82, 2.24) is 24.1 Å². The van der Waals surface area contributed by atoms with Gasteiger partial charge in [0.1, 0.15) is 11.8 Å². The number of carbonyl (C=O) groups is 1. The average Bonchev–Trinajstić information content (AvgIpc) is 3.35. The molecule has 3 N–H and O–H groups in total. The van der Waals surface area contributed by atoms with E-state index in [0.29, 0.717) is 23.9 Å². The molecule has 0 atom stereocenters. The number of hydrogen-bond acceptors (Lipinski definition) is 5. The van der Waals surface area contributed by atoms with Crippen molar-refractivity contribution >= 4 is 28.1 Å². The Morgan fingerprint density at radius 3 is 2.73 bits per heavy atom. The smallest absolute Gasteiger partial charge is 0.254 e. The molecule has 0 aliphatic carbocycles. The van der Waals surface area contributed by atoms with E-state index in [1.807, 2.05) is 47.9 Å². The molecule has 0 saturated carbocycles. The monoisotopic (exact) mass is 397 g/mol. The third kappa shape index (κ3) is 2.95. The molecule has 0 bridgehead atoms. The number of primary amides is 1. The highest BCUT2D eigenvalue weighted by atomic mass is 16.1. The zero-order valence-electron chi connectivity index (χ0n) is 16.3. The number of carbonyl (C=O) groups excluding carboxylic acids is 1. The first-order valence-electron chi connectivity index (χ1n) is 9.51. The molecular weight excluding hydrogens is 378 g/mol. The van der Waals surface area contributed by atoms with E-state index in [2.05, 4.69) is 27.5 Å². The summed E-state index contributed by atoms with van der Waals surface area (Å²) < 4.78 is 3.60. The number of nitrogens with two attached hydrogens (primary N) is 1. The fourth-order valence-electron chi connectivity index (χ4n) is 3.66. The molecule has 0 fully saturated rings. The number of nitrogens with zero attached hydrogens (tertiary/aromatic N) is 5. The third-order valence-corrected chi connectivity index (χ3v) is 5.07. The molecule has 0 radical (unpaired) electrons. The van der Waals surface area contributed by atoms with Crippen LogP contribution in [-0.4, -0.2) is 30.1 Å². The first kappa shape index (κ1) is 17.9. The number of aryl methyl sites for hydroxylation is 1. The Labute approximate surface area is 172 Å². The summed E-state index contributed by atoms with van der Waals surface area (Å²) in [6.45, 7) is 2.57. The van der Waals surface area contributed by atoms with E-state index in [0.717, 1.165) is 27.7 Å². The molecule has 0 aliphatic heterocycles. The molecule has 3 heterocycles. The van der Waals surface area contributed by atoms with E-state index in [4.69, 9.17) is 10.7 Å². The van der Waals surface area contributed by atoms with Crippen molar-refractivity contribution in [3.05, 3.63) is 83.9 Å². The molecule has 0 spiro atoms. The van der Waals surface area contributed by atoms with Crippen LogP contribution in [0.4, 0.5) is 5.82 Å². The zero-order chi connectivity index (χ0) is 20.7. The summed E-state index contributed by atoms with van der Waals surface area (Å²) in [5.41, 5.74) is 9.66. The second kappa shape index (κ2) is 7.00. The summed E-state index contributed by atoms with van der Waals surface area (Å²) in [5, 5.41) is 8.79. The maximum absolute atomic E-state index is 11.8. The third-order valence-electron chi connectivity index (χ3n) is 5.07. The van der Waals surface area contributed by atoms with Crippen LogP contribution < -0.4 is 11.1 Å². The lowest BCUT2D eigenvalue weighted by Gasteiger charge is -2.12. The summed E-state index contributed by atoms with van der Waals surface area (Å²) in [7, 11) is 0. The first-order chi connectivity index (χ1) is 14.6. The van der Waals surface area contributed by atoms with Gasteiger partial charge < -0.3 is 11.1 Å². The minimum absolute atomic E-state index is 0.464. The van der Waals surface area contributed by atoms with Crippen molar-refractivity contribution < 1.29 is 4.79 Å². The average molecular weight is 397 g/mol. The van der Waals surface area contributed by atoms with Gasteiger partial charge in [-0.3, -0.25) is 9.36 Å². The van der Waals surface area contributed by atoms with Crippen LogP contribution in [0, 0.1) is 6.92 Å². The largest absolute Gasteiger partial charge is 0.366 e. The minimum atomic E-state index is -0.464. The van der Waals surface area contributed by atoms with Gasteiger partial charge in [-0.15, -0.1) is 5.10 Å². The van der Waals surface area contributed by atoms with E-state index in [1.54, 1.807) is 23.1 Å². The number of benzene rings is 2. The van der Waals surface area contributed by atoms with Crippen molar-refractivity contribution in [2.75, 3.05) is 5.32 Å². The quantitative estimate of drug-likeness (QED) is 0.474. The second-order valence-corrected chi connectivity index (χ2v) is 7.05. The number of rotatable bonds is 5. The van der Waals surface area contributed by atoms with E-state index in [1.165, 1.54) is 0 Å². The summed E-state index contributed by atoms with van der Waals surface area (Å²) >= 11 is 0. The molecule has 5 aromatic rings. The van der Waals surface area contributed by atoms with Gasteiger partial charge in [0.2, 0.25) is 5.91 Å². The molecule has 0 unspecified atom stereocenters. The molecule has 0 aliphatic rings. The lowest BCUT2D eigenvalue weighted by atomic mass is 10.1. The molecular formula is C22H19N7O. The highest BCUT2D eigenvalue weighted by Gasteiger charge is 2.17. The number of aromatic nitrogens is 5. The summed E-state index contributed by atoms with van der Waals surface area (Å²) in [6.07, 6.45) is 3.37. The van der Waals surface area contributed by atoms with Gasteiger partial charge in [0.15, 0.2) is 5.82 Å². The highest BCUT2D eigenvalue weighted by Crippen LogP contribution is 2.26. The Kier molecular flexibility index (Phi) is 4.17. The van der Waals surface area contributed by atoms with Gasteiger partial charge in [0, 0.05) is 23.2 Å². The summed E-state index contributed by atoms with van der Waals surface area (Å²) in [5.74, 6) is 0.688. The van der Waals surface area contributed by atoms with Crippen molar-refractivity contribution in [2.45, 2.75) is 13.5 Å². The van der Waals surface area contributed by atoms with Gasteiger partial charge in [-0.25, -0.2) is 9.50 Å². The van der Waals surface area contributed by atoms with Gasteiger partial charge in [-0.05, 0) is 30.7 Å². The number of hydrogen-bond donors (Lipinski definition) is 2. The Hall–Kier alpha value is -4.20. The van der Waals surface area contributed by atoms with Gasteiger partial charge in [-0.1, -0.05) is 36.4 Å². The molecule has 148 valence electrons. The lowest BCUT2D eigenvalue weighted by Crippen LogP contribution is -2.12. The fraction of sp³-hybridized carbons (Fsp3) is 0.0909. The molecule has 30 heavy (non-hydrogen) atoms. The van der Waals surface area contributed by atoms with Crippen LogP contribution in [0.5, 0.6) is 0 Å². The molecule has 5 rings (SSSR count). The fourth-order valence-corrected chi connectivity index (χ4v) is 3.66. The number of anilines is 1. The van der Waals surface area contributed by atoms with Crippen molar-refractivity contribution in [3.63, 3.8) is 0 Å². The van der Waals surface area contributed by atoms with Crippen LogP contribution in [0.15, 0.2) is 67.1 Å². The van der Waals surface area contributed by atoms with Crippen LogP contribution in [0.3, 0.4) is 0 Å². The molecule has 3 aromatic heterocycles. The summed E-state index contributed by atoms with van der Waals surface area (Å²) in [6, 6.07) is 17.5. The van der Waals surface area contributed by atoms with Crippen LogP contribution in [0.25, 0.3) is 22.4 Å². The number of fused-ring (bicyclic) bond motifs is 2. The van der Waals surface area contributed by atoms with E-state index in [9.17, 15) is 4.79 Å². The van der Waals surface area contributed by atoms with Gasteiger partial charge in [0.25, 0.3) is 5.95 Å². The molecule has 8 nitrogen and oxygen atoms in total. The second-order valence-electron chi connectivity index (χ2n) is 7.05. The molecule has 2 aromatic carbocycles. The van der Waals surface area contributed by atoms with Crippen molar-refractivity contribution in [2.24, 2.45) is 5.73 Å². The standard InChI is InChI=1S/C22H19N7O/c1-14-10-17-16(20(23)30)8-5-9-18(17)29(14)22-26-21(19-12-24-13-28(19)27-22)25-11-15-6-3-2-4-7-15/h2-10,12-13H,11H2,1H3,(H2,23,30)(H,25,26,27). The van der Waals surface area contributed by atoms with Gasteiger partial charge in [0.05, 0.1) is 11.7 Å². The topological polar surface area (TPSA) is 103 Å². The van der Waals surface area contributed by atoms with Crippen LogP contribution in [0.2, 0.25) is 0 Å². The SMILES string of the molecule is Cc1cc2c(C(N)=O)cccc2n1-c1nc(NCc2ccccc2)c2cncn2n1. The van der Waals surface area contributed by atoms with Crippen LogP contribution in [-0.2, 0) is 6.54 Å². The van der Waals surface area contributed by atoms with Crippen molar-refractivity contribution in [3.8, 4) is 5.95 Å². The Balaban J connectivity index is 1.64. The first-order valence-corrected chi connectivity index (χ1v) is 9.51. The number of nitrogens with one attached hydrogen (secondary N) is 1. The Morgan fingerprint density at radius 1 is 1.10 bits per heavy atom. The Bertz CT molecular complexity index is 1390. The van der Waals surface area contributed by atoms with Gasteiger partial charge in [-0.2, -0.15) is 4.98 Å². The molecule has 8 heteroatoms. The molecule has 0 saturated heterocycles. The van der Waals surface area contributed by atoms with Gasteiger partial charge >= 0.3 is 0 Å². The summed E-state index contributed by atoms with van der Waals surface area (Å²) in [4.78, 5) is 20.8. The minimum Gasteiger partial charge on any atom is -0.366 e. The van der Waals surface area contributed by atoms with Crippen LogP contribution >= 0.6 is 0 Å².